The first kappa shape index (κ1) is 11.4. The molecule has 3 heteroatoms. The Balaban J connectivity index is 3.90. The molecule has 0 aromatic carbocycles. The van der Waals surface area contributed by atoms with Crippen molar-refractivity contribution in [1.29, 1.82) is 0 Å². The molecule has 0 rings (SSSR count). The first-order valence-electron chi connectivity index (χ1n) is 4.63. The summed E-state index contributed by atoms with van der Waals surface area (Å²) in [5, 5.41) is 0. The Bertz CT molecular complexity index is 136. The van der Waals surface area contributed by atoms with Crippen molar-refractivity contribution < 1.29 is 4.79 Å². The Morgan fingerprint density at radius 2 is 2.08 bits per heavy atom. The largest absolute Gasteiger partial charge is 0.343 e. The Hall–Kier alpha value is -0.570. The molecular weight excluding hydrogens is 152 g/mol. The maximum atomic E-state index is 11.3. The van der Waals surface area contributed by atoms with Gasteiger partial charge in [0.15, 0.2) is 0 Å². The maximum absolute atomic E-state index is 11.3. The molecule has 0 aliphatic rings. The third-order valence-electron chi connectivity index (χ3n) is 1.97. The van der Waals surface area contributed by atoms with E-state index in [0.717, 1.165) is 13.1 Å². The summed E-state index contributed by atoms with van der Waals surface area (Å²) in [5.41, 5.74) is 5.48. The van der Waals surface area contributed by atoms with Crippen molar-refractivity contribution in [1.82, 2.24) is 4.90 Å². The second-order valence-electron chi connectivity index (χ2n) is 3.13. The lowest BCUT2D eigenvalue weighted by molar-refractivity contribution is -0.131. The number of nitrogens with zero attached hydrogens (tertiary/aromatic N) is 1. The van der Waals surface area contributed by atoms with Gasteiger partial charge < -0.3 is 10.6 Å². The Morgan fingerprint density at radius 3 is 2.42 bits per heavy atom. The van der Waals surface area contributed by atoms with Crippen molar-refractivity contribution in [3.8, 4) is 0 Å². The van der Waals surface area contributed by atoms with Gasteiger partial charge in [-0.25, -0.2) is 0 Å². The number of hydrogen-bond acceptors (Lipinski definition) is 2. The van der Waals surface area contributed by atoms with Gasteiger partial charge in [0.1, 0.15) is 0 Å². The van der Waals surface area contributed by atoms with Crippen LogP contribution in [-0.2, 0) is 4.79 Å². The highest BCUT2D eigenvalue weighted by Crippen LogP contribution is 2.00. The number of hydrogen-bond donors (Lipinski definition) is 1. The average molecular weight is 172 g/mol. The molecular formula is C9H20N2O. The fourth-order valence-electron chi connectivity index (χ4n) is 1.08. The van der Waals surface area contributed by atoms with Crippen LogP contribution in [0.2, 0.25) is 0 Å². The van der Waals surface area contributed by atoms with Crippen LogP contribution in [0.3, 0.4) is 0 Å². The predicted octanol–water partition coefficient (Wildman–Crippen LogP) is 0.840. The van der Waals surface area contributed by atoms with Gasteiger partial charge in [0, 0.05) is 19.5 Å². The molecule has 12 heavy (non-hydrogen) atoms. The Morgan fingerprint density at radius 1 is 1.50 bits per heavy atom. The van der Waals surface area contributed by atoms with Crippen molar-refractivity contribution in [3.05, 3.63) is 0 Å². The van der Waals surface area contributed by atoms with Crippen LogP contribution in [-0.4, -0.2) is 30.4 Å². The van der Waals surface area contributed by atoms with E-state index < -0.39 is 0 Å². The Labute approximate surface area is 74.9 Å². The summed E-state index contributed by atoms with van der Waals surface area (Å²) in [6, 6.07) is 0. The van der Waals surface area contributed by atoms with E-state index in [2.05, 4.69) is 6.92 Å². The molecule has 0 fully saturated rings. The van der Waals surface area contributed by atoms with Crippen molar-refractivity contribution in [3.63, 3.8) is 0 Å². The molecule has 1 amide bonds. The van der Waals surface area contributed by atoms with Gasteiger partial charge in [-0.15, -0.1) is 0 Å². The molecule has 0 heterocycles. The number of carbonyl (C=O) groups is 1. The summed E-state index contributed by atoms with van der Waals surface area (Å²) < 4.78 is 0. The smallest absolute Gasteiger partial charge is 0.222 e. The molecule has 3 nitrogen and oxygen atoms in total. The summed E-state index contributed by atoms with van der Waals surface area (Å²) in [7, 11) is 0. The van der Waals surface area contributed by atoms with Crippen LogP contribution in [0.1, 0.15) is 27.2 Å². The molecule has 1 unspecified atom stereocenters. The van der Waals surface area contributed by atoms with Crippen LogP contribution in [0.25, 0.3) is 0 Å². The first-order chi connectivity index (χ1) is 5.65. The standard InChI is InChI=1S/C9H20N2O/c1-4-9(12)11(5-2)7-8(3)6-10/h8H,4-7,10H2,1-3H3. The Kier molecular flexibility index (Phi) is 5.72. The summed E-state index contributed by atoms with van der Waals surface area (Å²) in [5.74, 6) is 0.623. The van der Waals surface area contributed by atoms with E-state index >= 15 is 0 Å². The SMILES string of the molecule is CCC(=O)N(CC)CC(C)CN. The second-order valence-corrected chi connectivity index (χ2v) is 3.13. The zero-order valence-electron chi connectivity index (χ0n) is 8.34. The first-order valence-corrected chi connectivity index (χ1v) is 4.63. The topological polar surface area (TPSA) is 46.3 Å². The van der Waals surface area contributed by atoms with Crippen LogP contribution in [0.5, 0.6) is 0 Å². The van der Waals surface area contributed by atoms with Gasteiger partial charge in [0.2, 0.25) is 5.91 Å². The van der Waals surface area contributed by atoms with E-state index in [1.807, 2.05) is 18.7 Å². The minimum atomic E-state index is 0.220. The van der Waals surface area contributed by atoms with Gasteiger partial charge in [0.05, 0.1) is 0 Å². The highest BCUT2D eigenvalue weighted by Gasteiger charge is 2.11. The quantitative estimate of drug-likeness (QED) is 0.668. The van der Waals surface area contributed by atoms with Crippen LogP contribution >= 0.6 is 0 Å². The molecule has 72 valence electrons. The lowest BCUT2D eigenvalue weighted by Crippen LogP contribution is -2.36. The van der Waals surface area contributed by atoms with E-state index in [1.165, 1.54) is 0 Å². The third kappa shape index (κ3) is 3.72. The van der Waals surface area contributed by atoms with Crippen LogP contribution in [0.4, 0.5) is 0 Å². The molecule has 0 aromatic heterocycles. The zero-order chi connectivity index (χ0) is 9.56. The number of nitrogens with two attached hydrogens (primary N) is 1. The van der Waals surface area contributed by atoms with E-state index in [-0.39, 0.29) is 5.91 Å². The fourth-order valence-corrected chi connectivity index (χ4v) is 1.08. The molecule has 0 saturated heterocycles. The molecule has 0 aliphatic heterocycles. The number of carbonyl (C=O) groups excluding carboxylic acids is 1. The monoisotopic (exact) mass is 172 g/mol. The molecule has 0 aromatic rings. The molecule has 2 N–H and O–H groups in total. The lowest BCUT2D eigenvalue weighted by Gasteiger charge is -2.23. The van der Waals surface area contributed by atoms with E-state index in [4.69, 9.17) is 5.73 Å². The molecule has 0 spiro atoms. The number of rotatable bonds is 5. The van der Waals surface area contributed by atoms with Gasteiger partial charge in [0.25, 0.3) is 0 Å². The van der Waals surface area contributed by atoms with Gasteiger partial charge in [-0.05, 0) is 19.4 Å². The number of amides is 1. The predicted molar refractivity (Wildman–Crippen MR) is 50.8 cm³/mol. The summed E-state index contributed by atoms with van der Waals surface area (Å²) in [4.78, 5) is 13.1. The van der Waals surface area contributed by atoms with Gasteiger partial charge in [-0.3, -0.25) is 4.79 Å². The minimum absolute atomic E-state index is 0.220. The van der Waals surface area contributed by atoms with Crippen molar-refractivity contribution in [2.75, 3.05) is 19.6 Å². The van der Waals surface area contributed by atoms with Crippen molar-refractivity contribution in [2.24, 2.45) is 11.7 Å². The van der Waals surface area contributed by atoms with Crippen LogP contribution in [0, 0.1) is 5.92 Å². The van der Waals surface area contributed by atoms with Gasteiger partial charge in [-0.2, -0.15) is 0 Å². The highest BCUT2D eigenvalue weighted by molar-refractivity contribution is 5.75. The van der Waals surface area contributed by atoms with Crippen LogP contribution in [0.15, 0.2) is 0 Å². The summed E-state index contributed by atoms with van der Waals surface area (Å²) in [6.07, 6.45) is 0.588. The molecule has 1 atom stereocenters. The van der Waals surface area contributed by atoms with E-state index in [0.29, 0.717) is 18.9 Å². The van der Waals surface area contributed by atoms with E-state index in [1.54, 1.807) is 0 Å². The third-order valence-corrected chi connectivity index (χ3v) is 1.97. The molecule has 0 aliphatic carbocycles. The van der Waals surface area contributed by atoms with Crippen LogP contribution < -0.4 is 5.73 Å². The molecule has 0 bridgehead atoms. The maximum Gasteiger partial charge on any atom is 0.222 e. The highest BCUT2D eigenvalue weighted by atomic mass is 16.2. The lowest BCUT2D eigenvalue weighted by atomic mass is 10.1. The van der Waals surface area contributed by atoms with Gasteiger partial charge in [-0.1, -0.05) is 13.8 Å². The zero-order valence-corrected chi connectivity index (χ0v) is 8.34. The molecule has 0 saturated carbocycles. The van der Waals surface area contributed by atoms with Crippen molar-refractivity contribution >= 4 is 5.91 Å². The van der Waals surface area contributed by atoms with Gasteiger partial charge >= 0.3 is 0 Å². The summed E-state index contributed by atoms with van der Waals surface area (Å²) >= 11 is 0. The second kappa shape index (κ2) is 6.00. The normalized spacial score (nSPS) is 12.7. The average Bonchev–Trinajstić information content (AvgIpc) is 2.12. The van der Waals surface area contributed by atoms with Crippen molar-refractivity contribution in [2.45, 2.75) is 27.2 Å². The molecule has 0 radical (unpaired) electrons. The van der Waals surface area contributed by atoms with E-state index in [9.17, 15) is 4.79 Å². The fraction of sp³-hybridized carbons (Fsp3) is 0.889. The summed E-state index contributed by atoms with van der Waals surface area (Å²) in [6.45, 7) is 8.17. The minimum Gasteiger partial charge on any atom is -0.343 e.